The molecule has 0 N–H and O–H groups in total. The zero-order valence-corrected chi connectivity index (χ0v) is 12.0. The van der Waals surface area contributed by atoms with Crippen molar-refractivity contribution in [2.75, 3.05) is 32.7 Å². The van der Waals surface area contributed by atoms with Gasteiger partial charge in [-0.25, -0.2) is 0 Å². The zero-order chi connectivity index (χ0) is 14.4. The van der Waals surface area contributed by atoms with Crippen LogP contribution in [0.4, 0.5) is 0 Å². The average Bonchev–Trinajstić information content (AvgIpc) is 2.53. The first-order chi connectivity index (χ1) is 9.74. The number of hydrogen-bond donors (Lipinski definition) is 0. The van der Waals surface area contributed by atoms with Gasteiger partial charge in [0, 0.05) is 32.6 Å². The molecule has 106 valence electrons. The second-order valence-electron chi connectivity index (χ2n) is 5.11. The molecule has 20 heavy (non-hydrogen) atoms. The van der Waals surface area contributed by atoms with Gasteiger partial charge in [-0.3, -0.25) is 4.79 Å². The summed E-state index contributed by atoms with van der Waals surface area (Å²) in [6.45, 7) is 6.60. The number of hydrogen-bond acceptors (Lipinski definition) is 3. The van der Waals surface area contributed by atoms with Crippen molar-refractivity contribution in [1.82, 2.24) is 9.80 Å². The molecule has 1 heterocycles. The van der Waals surface area contributed by atoms with Crippen molar-refractivity contribution in [3.8, 4) is 6.07 Å². The molecule has 1 aliphatic heterocycles. The van der Waals surface area contributed by atoms with E-state index in [1.165, 1.54) is 0 Å². The minimum absolute atomic E-state index is 0.0937. The smallest absolute Gasteiger partial charge is 0.224 e. The van der Waals surface area contributed by atoms with Crippen LogP contribution in [0.2, 0.25) is 0 Å². The van der Waals surface area contributed by atoms with Crippen LogP contribution in [0.5, 0.6) is 0 Å². The summed E-state index contributed by atoms with van der Waals surface area (Å²) in [5, 5.41) is 9.28. The fourth-order valence-corrected chi connectivity index (χ4v) is 2.54. The highest BCUT2D eigenvalue weighted by Crippen LogP contribution is 2.20. The lowest BCUT2D eigenvalue weighted by Crippen LogP contribution is -2.48. The number of benzene rings is 1. The van der Waals surface area contributed by atoms with E-state index < -0.39 is 0 Å². The zero-order valence-electron chi connectivity index (χ0n) is 12.0. The third-order valence-corrected chi connectivity index (χ3v) is 3.91. The Bertz CT molecular complexity index is 472. The molecular formula is C16H21N3O. The van der Waals surface area contributed by atoms with Gasteiger partial charge in [-0.1, -0.05) is 37.3 Å². The summed E-state index contributed by atoms with van der Waals surface area (Å²) >= 11 is 0. The lowest BCUT2D eigenvalue weighted by atomic mass is 9.96. The SMILES string of the molecule is CCN1CCN(C(=O)CC(C#N)c2ccccc2)CC1. The molecule has 1 aliphatic rings. The van der Waals surface area contributed by atoms with Gasteiger partial charge in [-0.05, 0) is 12.1 Å². The van der Waals surface area contributed by atoms with Gasteiger partial charge in [0.2, 0.25) is 5.91 Å². The minimum atomic E-state index is -0.340. The van der Waals surface area contributed by atoms with Gasteiger partial charge in [0.25, 0.3) is 0 Å². The van der Waals surface area contributed by atoms with Crippen LogP contribution >= 0.6 is 0 Å². The number of carbonyl (C=O) groups is 1. The molecule has 1 atom stereocenters. The van der Waals surface area contributed by atoms with Gasteiger partial charge < -0.3 is 9.80 Å². The maximum absolute atomic E-state index is 12.3. The molecule has 0 bridgehead atoms. The summed E-state index contributed by atoms with van der Waals surface area (Å²) < 4.78 is 0. The number of nitrogens with zero attached hydrogens (tertiary/aromatic N) is 3. The molecule has 1 aromatic rings. The Labute approximate surface area is 120 Å². The van der Waals surface area contributed by atoms with Crippen molar-refractivity contribution in [3.05, 3.63) is 35.9 Å². The first-order valence-corrected chi connectivity index (χ1v) is 7.19. The molecule has 4 heteroatoms. The second-order valence-corrected chi connectivity index (χ2v) is 5.11. The van der Waals surface area contributed by atoms with Crippen molar-refractivity contribution < 1.29 is 4.79 Å². The number of carbonyl (C=O) groups excluding carboxylic acids is 1. The van der Waals surface area contributed by atoms with Crippen molar-refractivity contribution in [3.63, 3.8) is 0 Å². The van der Waals surface area contributed by atoms with E-state index in [1.54, 1.807) is 0 Å². The van der Waals surface area contributed by atoms with Crippen LogP contribution in [0.1, 0.15) is 24.8 Å². The number of nitriles is 1. The van der Waals surface area contributed by atoms with Crippen molar-refractivity contribution in [2.24, 2.45) is 0 Å². The lowest BCUT2D eigenvalue weighted by molar-refractivity contribution is -0.133. The van der Waals surface area contributed by atoms with E-state index in [-0.39, 0.29) is 18.2 Å². The van der Waals surface area contributed by atoms with E-state index in [0.717, 1.165) is 38.3 Å². The molecule has 2 rings (SSSR count). The summed E-state index contributed by atoms with van der Waals surface area (Å²) in [5.41, 5.74) is 0.926. The molecule has 0 aromatic heterocycles. The number of piperazine rings is 1. The van der Waals surface area contributed by atoms with Crippen LogP contribution in [0.15, 0.2) is 30.3 Å². The first kappa shape index (κ1) is 14.5. The monoisotopic (exact) mass is 271 g/mol. The van der Waals surface area contributed by atoms with E-state index in [1.807, 2.05) is 35.2 Å². The van der Waals surface area contributed by atoms with Crippen LogP contribution in [-0.4, -0.2) is 48.4 Å². The fourth-order valence-electron chi connectivity index (χ4n) is 2.54. The highest BCUT2D eigenvalue weighted by Gasteiger charge is 2.23. The first-order valence-electron chi connectivity index (χ1n) is 7.19. The molecule has 0 spiro atoms. The molecule has 4 nitrogen and oxygen atoms in total. The highest BCUT2D eigenvalue weighted by molar-refractivity contribution is 5.77. The van der Waals surface area contributed by atoms with E-state index in [0.29, 0.717) is 0 Å². The van der Waals surface area contributed by atoms with Crippen LogP contribution < -0.4 is 0 Å². The normalized spacial score (nSPS) is 17.5. The van der Waals surface area contributed by atoms with E-state index in [9.17, 15) is 10.1 Å². The van der Waals surface area contributed by atoms with Gasteiger partial charge in [0.05, 0.1) is 12.0 Å². The molecule has 0 saturated carbocycles. The Balaban J connectivity index is 1.92. The van der Waals surface area contributed by atoms with Crippen LogP contribution in [0.25, 0.3) is 0 Å². The molecule has 1 fully saturated rings. The van der Waals surface area contributed by atoms with Crippen LogP contribution in [-0.2, 0) is 4.79 Å². The number of likely N-dealkylation sites (N-methyl/N-ethyl adjacent to an activating group) is 1. The molecule has 1 aromatic carbocycles. The van der Waals surface area contributed by atoms with E-state index >= 15 is 0 Å². The highest BCUT2D eigenvalue weighted by atomic mass is 16.2. The maximum Gasteiger partial charge on any atom is 0.224 e. The predicted octanol–water partition coefficient (Wildman–Crippen LogP) is 1.85. The predicted molar refractivity (Wildman–Crippen MR) is 78.1 cm³/mol. The van der Waals surface area contributed by atoms with Gasteiger partial charge >= 0.3 is 0 Å². The van der Waals surface area contributed by atoms with Crippen LogP contribution in [0.3, 0.4) is 0 Å². The summed E-state index contributed by atoms with van der Waals surface area (Å²) in [7, 11) is 0. The largest absolute Gasteiger partial charge is 0.340 e. The lowest BCUT2D eigenvalue weighted by Gasteiger charge is -2.34. The van der Waals surface area contributed by atoms with Crippen molar-refractivity contribution >= 4 is 5.91 Å². The number of rotatable bonds is 4. The van der Waals surface area contributed by atoms with Gasteiger partial charge in [-0.15, -0.1) is 0 Å². The molecule has 0 aliphatic carbocycles. The molecule has 1 amide bonds. The Hall–Kier alpha value is -1.86. The Morgan fingerprint density at radius 3 is 2.45 bits per heavy atom. The Morgan fingerprint density at radius 1 is 1.25 bits per heavy atom. The quantitative estimate of drug-likeness (QED) is 0.839. The third kappa shape index (κ3) is 3.58. The van der Waals surface area contributed by atoms with E-state index in [4.69, 9.17) is 0 Å². The molecule has 1 saturated heterocycles. The summed E-state index contributed by atoms with van der Waals surface area (Å²) in [4.78, 5) is 16.5. The van der Waals surface area contributed by atoms with Gasteiger partial charge in [0.15, 0.2) is 0 Å². The number of amides is 1. The Morgan fingerprint density at radius 2 is 1.90 bits per heavy atom. The van der Waals surface area contributed by atoms with Crippen molar-refractivity contribution in [1.29, 1.82) is 5.26 Å². The fraction of sp³-hybridized carbons (Fsp3) is 0.500. The summed E-state index contributed by atoms with van der Waals surface area (Å²) in [6, 6.07) is 11.8. The topological polar surface area (TPSA) is 47.3 Å². The van der Waals surface area contributed by atoms with Crippen LogP contribution in [0, 0.1) is 11.3 Å². The maximum atomic E-state index is 12.3. The average molecular weight is 271 g/mol. The molecular weight excluding hydrogens is 250 g/mol. The minimum Gasteiger partial charge on any atom is -0.340 e. The van der Waals surface area contributed by atoms with Gasteiger partial charge in [0.1, 0.15) is 0 Å². The second kappa shape index (κ2) is 7.06. The van der Waals surface area contributed by atoms with Crippen molar-refractivity contribution in [2.45, 2.75) is 19.3 Å². The van der Waals surface area contributed by atoms with E-state index in [2.05, 4.69) is 17.9 Å². The van der Waals surface area contributed by atoms with Gasteiger partial charge in [-0.2, -0.15) is 5.26 Å². The molecule has 0 radical (unpaired) electrons. The summed E-state index contributed by atoms with van der Waals surface area (Å²) in [5.74, 6) is -0.246. The third-order valence-electron chi connectivity index (χ3n) is 3.91. The standard InChI is InChI=1S/C16H21N3O/c1-2-18-8-10-19(11-9-18)16(20)12-15(13-17)14-6-4-3-5-7-14/h3-7,15H,2,8-12H2,1H3. The molecule has 1 unspecified atom stereocenters. The summed E-state index contributed by atoms with van der Waals surface area (Å²) in [6.07, 6.45) is 0.284. The Kier molecular flexibility index (Phi) is 5.14.